The molecule has 3 saturated heterocycles. The van der Waals surface area contributed by atoms with Gasteiger partial charge in [-0.1, -0.05) is 17.7 Å². The number of allylic oxidation sites excluding steroid dienone is 2. The van der Waals surface area contributed by atoms with Crippen LogP contribution < -0.4 is 14.5 Å². The van der Waals surface area contributed by atoms with E-state index < -0.39 is 45.2 Å². The summed E-state index contributed by atoms with van der Waals surface area (Å²) < 4.78 is 11.1. The second kappa shape index (κ2) is 10.7. The predicted octanol–water partition coefficient (Wildman–Crippen LogP) is 3.82. The summed E-state index contributed by atoms with van der Waals surface area (Å²) in [4.78, 5) is 56.2. The van der Waals surface area contributed by atoms with E-state index in [1.165, 1.54) is 18.0 Å². The van der Waals surface area contributed by atoms with Gasteiger partial charge < -0.3 is 19.5 Å². The molecule has 6 unspecified atom stereocenters. The van der Waals surface area contributed by atoms with Crippen molar-refractivity contribution in [2.45, 2.75) is 35.4 Å². The molecule has 3 aliphatic heterocycles. The highest BCUT2D eigenvalue weighted by Crippen LogP contribution is 2.65. The molecule has 3 heterocycles. The van der Waals surface area contributed by atoms with Crippen LogP contribution in [0.1, 0.15) is 31.2 Å². The second-order valence-corrected chi connectivity index (χ2v) is 13.5. The van der Waals surface area contributed by atoms with Crippen LogP contribution in [0, 0.1) is 17.8 Å². The van der Waals surface area contributed by atoms with Gasteiger partial charge in [-0.25, -0.2) is 0 Å². The molecule has 2 aromatic rings. The minimum absolute atomic E-state index is 0.0876. The van der Waals surface area contributed by atoms with Crippen LogP contribution in [-0.2, 0) is 23.9 Å². The number of fused-ring (bicyclic) bond motifs is 4. The molecule has 2 aliphatic carbocycles. The van der Waals surface area contributed by atoms with Gasteiger partial charge in [0.25, 0.3) is 11.8 Å². The Labute approximate surface area is 270 Å². The monoisotopic (exact) mass is 653 g/mol. The van der Waals surface area contributed by atoms with Crippen molar-refractivity contribution in [1.82, 2.24) is 4.90 Å². The maximum absolute atomic E-state index is 14.3. The van der Waals surface area contributed by atoms with Crippen LogP contribution >= 0.6 is 23.2 Å². The number of halogens is 2. The van der Waals surface area contributed by atoms with Crippen LogP contribution in [0.5, 0.6) is 11.5 Å². The molecule has 4 fully saturated rings. The number of ether oxygens (including phenoxy) is 2. The number of imide groups is 2. The Kier molecular flexibility index (Phi) is 7.18. The lowest BCUT2D eigenvalue weighted by molar-refractivity contribution is -0.138. The van der Waals surface area contributed by atoms with Gasteiger partial charge in [0.05, 0.1) is 37.3 Å². The fourth-order valence-electron chi connectivity index (χ4n) is 7.99. The molecule has 12 heteroatoms. The topological polar surface area (TPSA) is 117 Å². The Morgan fingerprint density at radius 3 is 2.33 bits per heavy atom. The number of hydrogen-bond donors (Lipinski definition) is 1. The number of aromatic hydroxyl groups is 1. The fourth-order valence-corrected chi connectivity index (χ4v) is 9.01. The Morgan fingerprint density at radius 2 is 1.64 bits per heavy atom. The third kappa shape index (κ3) is 4.18. The Balaban J connectivity index is 1.29. The number of carbonyl (C=O) groups is 4. The Hall–Kier alpha value is -3.60. The van der Waals surface area contributed by atoms with Gasteiger partial charge >= 0.3 is 0 Å². The highest BCUT2D eigenvalue weighted by atomic mass is 35.5. The lowest BCUT2D eigenvalue weighted by Crippen LogP contribution is -2.60. The normalized spacial score (nSPS) is 32.8. The smallest absolute Gasteiger partial charge is 0.253 e. The first-order valence-corrected chi connectivity index (χ1v) is 15.9. The van der Waals surface area contributed by atoms with Crippen molar-refractivity contribution in [2.75, 3.05) is 49.8 Å². The molecule has 45 heavy (non-hydrogen) atoms. The number of phenols is 1. The van der Waals surface area contributed by atoms with Gasteiger partial charge in [-0.3, -0.25) is 29.0 Å². The van der Waals surface area contributed by atoms with Crippen molar-refractivity contribution in [3.05, 3.63) is 59.7 Å². The molecule has 2 aromatic carbocycles. The van der Waals surface area contributed by atoms with E-state index in [0.29, 0.717) is 30.0 Å². The SMILES string of the molecule is CCOc1cc(C2C3=CCC4C(=O)N(c5ccc(N6CCOCC6)cc5)C(=O)C4C3CC3(Cl)C(=O)N(C)C(=O)C23Cl)ccc1O. The molecule has 10 nitrogen and oxygen atoms in total. The average Bonchev–Trinajstić information content (AvgIpc) is 3.37. The van der Waals surface area contributed by atoms with E-state index in [1.807, 2.05) is 18.2 Å². The van der Waals surface area contributed by atoms with Crippen molar-refractivity contribution < 1.29 is 33.8 Å². The summed E-state index contributed by atoms with van der Waals surface area (Å²) in [5.74, 6) is -4.89. The predicted molar refractivity (Wildman–Crippen MR) is 167 cm³/mol. The van der Waals surface area contributed by atoms with Crippen molar-refractivity contribution in [3.63, 3.8) is 0 Å². The van der Waals surface area contributed by atoms with Gasteiger partial charge in [0.15, 0.2) is 21.2 Å². The number of likely N-dealkylation sites (tertiary alicyclic amines) is 1. The van der Waals surface area contributed by atoms with E-state index in [-0.39, 0.29) is 42.8 Å². The lowest BCUT2D eigenvalue weighted by atomic mass is 9.56. The summed E-state index contributed by atoms with van der Waals surface area (Å²) in [6.45, 7) is 4.85. The molecule has 7 rings (SSSR count). The summed E-state index contributed by atoms with van der Waals surface area (Å²) in [6, 6.07) is 12.0. The highest BCUT2D eigenvalue weighted by molar-refractivity contribution is 6.53. The van der Waals surface area contributed by atoms with E-state index in [0.717, 1.165) is 23.7 Å². The van der Waals surface area contributed by atoms with Gasteiger partial charge in [-0.05, 0) is 67.6 Å². The first-order chi connectivity index (χ1) is 21.5. The van der Waals surface area contributed by atoms with E-state index in [9.17, 15) is 24.3 Å². The standard InChI is InChI=1S/C33H33Cl2N3O7/c1-3-45-25-16-18(4-11-24(25)39)27-21-9-10-22-26(23(21)17-32(34)30(42)36(2)31(43)33(27,32)35)29(41)38(28(22)40)20-7-5-19(6-8-20)37-12-14-44-15-13-37/h4-9,11,16,22-23,26-27,39H,3,10,12-15,17H2,1-2H3. The molecule has 0 bridgehead atoms. The van der Waals surface area contributed by atoms with Crippen LogP contribution in [0.4, 0.5) is 11.4 Å². The largest absolute Gasteiger partial charge is 0.504 e. The summed E-state index contributed by atoms with van der Waals surface area (Å²) in [7, 11) is 1.35. The van der Waals surface area contributed by atoms with Crippen molar-refractivity contribution in [2.24, 2.45) is 17.8 Å². The third-order valence-electron chi connectivity index (χ3n) is 10.1. The van der Waals surface area contributed by atoms with Gasteiger partial charge in [0.1, 0.15) is 0 Å². The molecular weight excluding hydrogens is 621 g/mol. The number of benzene rings is 2. The maximum atomic E-state index is 14.3. The number of anilines is 2. The fraction of sp³-hybridized carbons (Fsp3) is 0.455. The zero-order valence-electron chi connectivity index (χ0n) is 24.9. The molecular formula is C33H33Cl2N3O7. The number of morpholine rings is 1. The summed E-state index contributed by atoms with van der Waals surface area (Å²) in [5.41, 5.74) is 2.64. The zero-order chi connectivity index (χ0) is 31.8. The highest BCUT2D eigenvalue weighted by Gasteiger charge is 2.75. The van der Waals surface area contributed by atoms with Crippen LogP contribution in [0.3, 0.4) is 0 Å². The minimum atomic E-state index is -1.91. The number of alkyl halides is 2. The summed E-state index contributed by atoms with van der Waals surface area (Å²) in [5, 5.41) is 10.4. The van der Waals surface area contributed by atoms with Gasteiger partial charge in [-0.2, -0.15) is 0 Å². The molecule has 6 atom stereocenters. The van der Waals surface area contributed by atoms with Crippen LogP contribution in [0.15, 0.2) is 54.1 Å². The van der Waals surface area contributed by atoms with Gasteiger partial charge in [0, 0.05) is 31.7 Å². The number of rotatable bonds is 5. The van der Waals surface area contributed by atoms with Crippen molar-refractivity contribution in [3.8, 4) is 11.5 Å². The van der Waals surface area contributed by atoms with Gasteiger partial charge in [-0.15, -0.1) is 23.2 Å². The molecule has 1 N–H and O–H groups in total. The average molecular weight is 655 g/mol. The van der Waals surface area contributed by atoms with Crippen LogP contribution in [0.25, 0.3) is 0 Å². The first-order valence-electron chi connectivity index (χ1n) is 15.2. The minimum Gasteiger partial charge on any atom is -0.504 e. The lowest BCUT2D eigenvalue weighted by Gasteiger charge is -2.50. The van der Waals surface area contributed by atoms with E-state index in [1.54, 1.807) is 31.2 Å². The first kappa shape index (κ1) is 30.1. The molecule has 5 aliphatic rings. The number of amides is 4. The van der Waals surface area contributed by atoms with Crippen molar-refractivity contribution >= 4 is 58.2 Å². The summed E-state index contributed by atoms with van der Waals surface area (Å²) in [6.07, 6.45) is 2.06. The van der Waals surface area contributed by atoms with Crippen molar-refractivity contribution in [1.29, 1.82) is 0 Å². The van der Waals surface area contributed by atoms with E-state index >= 15 is 0 Å². The Morgan fingerprint density at radius 1 is 0.956 bits per heavy atom. The quantitative estimate of drug-likeness (QED) is 0.294. The van der Waals surface area contributed by atoms with E-state index in [4.69, 9.17) is 32.7 Å². The number of nitrogens with zero attached hydrogens (tertiary/aromatic N) is 3. The molecule has 0 aromatic heterocycles. The molecule has 0 radical (unpaired) electrons. The van der Waals surface area contributed by atoms with Crippen LogP contribution in [0.2, 0.25) is 0 Å². The number of carbonyl (C=O) groups excluding carboxylic acids is 4. The van der Waals surface area contributed by atoms with Gasteiger partial charge in [0.2, 0.25) is 11.8 Å². The molecule has 1 saturated carbocycles. The van der Waals surface area contributed by atoms with E-state index in [2.05, 4.69) is 4.90 Å². The van der Waals surface area contributed by atoms with Crippen LogP contribution in [-0.4, -0.2) is 83.3 Å². The molecule has 4 amide bonds. The number of hydrogen-bond acceptors (Lipinski definition) is 8. The molecule has 0 spiro atoms. The Bertz CT molecular complexity index is 1640. The third-order valence-corrected chi connectivity index (χ3v) is 11.5. The summed E-state index contributed by atoms with van der Waals surface area (Å²) >= 11 is 14.5. The zero-order valence-corrected chi connectivity index (χ0v) is 26.4. The number of phenolic OH excluding ortho intramolecular Hbond substituents is 1. The maximum Gasteiger partial charge on any atom is 0.253 e. The second-order valence-electron chi connectivity index (χ2n) is 12.3. The molecule has 236 valence electrons.